The van der Waals surface area contributed by atoms with Crippen LogP contribution in [0.3, 0.4) is 0 Å². The van der Waals surface area contributed by atoms with Crippen LogP contribution in [0.5, 0.6) is 0 Å². The van der Waals surface area contributed by atoms with E-state index in [9.17, 15) is 19.5 Å². The van der Waals surface area contributed by atoms with Gasteiger partial charge in [-0.15, -0.1) is 0 Å². The number of halogens is 1. The number of hydrogen-bond acceptors (Lipinski definition) is 11. The zero-order valence-electron chi connectivity index (χ0n) is 25.4. The summed E-state index contributed by atoms with van der Waals surface area (Å²) in [4.78, 5) is 45.6. The standard InChI is InChI=1S/C32H45BrN2O9/c1-40-32-28(44-31(39)24-15-19-7-3-5-9-22(19)35-24)27(43-30(38)23-14-18-6-2-4-8-21(18)34-23)26(25(16-36)41-32)42-29(37)17-10-12-20(33)13-11-17/h17-18,20-21,23,25-28,32,34,36H,2-16H2,1H3/t17?,18?,20?,21?,23?,25-,26-,27+,28-,32+/m1/s1. The maximum atomic E-state index is 13.7. The number of esters is 3. The highest BCUT2D eigenvalue weighted by molar-refractivity contribution is 9.09. The third-order valence-corrected chi connectivity index (χ3v) is 11.2. The summed E-state index contributed by atoms with van der Waals surface area (Å²) < 4.78 is 29.7. The van der Waals surface area contributed by atoms with Crippen molar-refractivity contribution in [1.82, 2.24) is 5.32 Å². The summed E-state index contributed by atoms with van der Waals surface area (Å²) in [5.41, 5.74) is 2.41. The molecule has 0 aromatic heterocycles. The summed E-state index contributed by atoms with van der Waals surface area (Å²) in [5, 5.41) is 13.8. The predicted molar refractivity (Wildman–Crippen MR) is 162 cm³/mol. The number of rotatable bonds is 8. The molecule has 44 heavy (non-hydrogen) atoms. The summed E-state index contributed by atoms with van der Waals surface area (Å²) in [5.74, 6) is -1.52. The SMILES string of the molecule is CO[C@H]1O[C@H](CO)[C@@H](OC(=O)C2CCC(Br)CC2)[C@H](OC(=O)C2CC3CCCCC3N2)[C@H]1OC(=O)C1=NC2=C(CCCC2)C1. The molecule has 3 heterocycles. The Labute approximate surface area is 266 Å². The second-order valence-electron chi connectivity index (χ2n) is 13.2. The number of nitrogens with zero attached hydrogens (tertiary/aromatic N) is 1. The van der Waals surface area contributed by atoms with Gasteiger partial charge in [0.15, 0.2) is 24.6 Å². The fourth-order valence-electron chi connectivity index (χ4n) is 7.85. The Bertz CT molecular complexity index is 1140. The molecule has 6 rings (SSSR count). The summed E-state index contributed by atoms with van der Waals surface area (Å²) in [6.45, 7) is -0.518. The van der Waals surface area contributed by atoms with E-state index in [1.165, 1.54) is 7.11 Å². The molecular weight excluding hydrogens is 636 g/mol. The van der Waals surface area contributed by atoms with Crippen molar-refractivity contribution in [3.8, 4) is 0 Å². The van der Waals surface area contributed by atoms with Crippen molar-refractivity contribution in [3.05, 3.63) is 11.3 Å². The topological polar surface area (TPSA) is 142 Å². The van der Waals surface area contributed by atoms with E-state index < -0.39 is 61.3 Å². The van der Waals surface area contributed by atoms with Crippen LogP contribution in [-0.2, 0) is 38.1 Å². The maximum absolute atomic E-state index is 13.7. The number of alkyl halides is 1. The molecule has 2 saturated heterocycles. The van der Waals surface area contributed by atoms with E-state index in [1.807, 2.05) is 0 Å². The van der Waals surface area contributed by atoms with Crippen molar-refractivity contribution in [2.45, 2.75) is 138 Å². The van der Waals surface area contributed by atoms with Gasteiger partial charge in [-0.3, -0.25) is 9.59 Å². The molecule has 3 unspecified atom stereocenters. The zero-order valence-corrected chi connectivity index (χ0v) is 27.0. The number of allylic oxidation sites excluding steroid dienone is 2. The second-order valence-corrected chi connectivity index (χ2v) is 14.5. The molecule has 12 heteroatoms. The minimum atomic E-state index is -1.26. The lowest BCUT2D eigenvalue weighted by Gasteiger charge is -2.44. The normalized spacial score (nSPS) is 38.8. The van der Waals surface area contributed by atoms with E-state index in [0.29, 0.717) is 42.1 Å². The maximum Gasteiger partial charge on any atom is 0.353 e. The molecule has 244 valence electrons. The number of methoxy groups -OCH3 is 1. The average molecular weight is 682 g/mol. The number of aliphatic imine (C=N–C) groups is 1. The lowest BCUT2D eigenvalue weighted by atomic mass is 9.85. The van der Waals surface area contributed by atoms with Crippen molar-refractivity contribution in [3.63, 3.8) is 0 Å². The third kappa shape index (κ3) is 6.94. The fraction of sp³-hybridized carbons (Fsp3) is 0.812. The van der Waals surface area contributed by atoms with Gasteiger partial charge in [0.25, 0.3) is 0 Å². The van der Waals surface area contributed by atoms with Gasteiger partial charge >= 0.3 is 17.9 Å². The first-order chi connectivity index (χ1) is 21.3. The predicted octanol–water partition coefficient (Wildman–Crippen LogP) is 3.63. The van der Waals surface area contributed by atoms with Crippen molar-refractivity contribution in [2.24, 2.45) is 16.8 Å². The first-order valence-electron chi connectivity index (χ1n) is 16.4. The number of fused-ring (bicyclic) bond motifs is 1. The lowest BCUT2D eigenvalue weighted by molar-refractivity contribution is -0.302. The van der Waals surface area contributed by atoms with Gasteiger partial charge in [0.05, 0.1) is 12.5 Å². The fourth-order valence-corrected chi connectivity index (χ4v) is 8.37. The molecule has 4 fully saturated rings. The highest BCUT2D eigenvalue weighted by Crippen LogP contribution is 2.37. The van der Waals surface area contributed by atoms with Crippen LogP contribution in [0.1, 0.15) is 89.9 Å². The minimum absolute atomic E-state index is 0.263. The monoisotopic (exact) mass is 680 g/mol. The molecule has 11 nitrogen and oxygen atoms in total. The number of aliphatic hydroxyl groups is 1. The first kappa shape index (κ1) is 32.1. The second kappa shape index (κ2) is 14.3. The first-order valence-corrected chi connectivity index (χ1v) is 17.4. The number of carbonyl (C=O) groups excluding carboxylic acids is 3. The molecule has 2 saturated carbocycles. The van der Waals surface area contributed by atoms with E-state index in [4.69, 9.17) is 23.7 Å². The number of nitrogens with one attached hydrogen (secondary N) is 1. The number of ether oxygens (including phenoxy) is 5. The molecule has 0 spiro atoms. The van der Waals surface area contributed by atoms with Crippen LogP contribution in [0.25, 0.3) is 0 Å². The van der Waals surface area contributed by atoms with Crippen molar-refractivity contribution in [1.29, 1.82) is 0 Å². The summed E-state index contributed by atoms with van der Waals surface area (Å²) in [6.07, 6.45) is 6.33. The Morgan fingerprint density at radius 3 is 2.41 bits per heavy atom. The van der Waals surface area contributed by atoms with Crippen molar-refractivity contribution < 1.29 is 43.2 Å². The highest BCUT2D eigenvalue weighted by Gasteiger charge is 2.54. The van der Waals surface area contributed by atoms with E-state index in [1.54, 1.807) is 0 Å². The Kier molecular flexibility index (Phi) is 10.4. The molecule has 3 aliphatic carbocycles. The van der Waals surface area contributed by atoms with Gasteiger partial charge < -0.3 is 34.1 Å². The minimum Gasteiger partial charge on any atom is -0.455 e. The quantitative estimate of drug-likeness (QED) is 0.222. The van der Waals surface area contributed by atoms with E-state index in [0.717, 1.165) is 75.5 Å². The molecule has 0 bridgehead atoms. The van der Waals surface area contributed by atoms with Gasteiger partial charge in [0.2, 0.25) is 0 Å². The Morgan fingerprint density at radius 2 is 1.68 bits per heavy atom. The van der Waals surface area contributed by atoms with Gasteiger partial charge in [0.1, 0.15) is 17.9 Å². The van der Waals surface area contributed by atoms with Crippen LogP contribution >= 0.6 is 15.9 Å². The van der Waals surface area contributed by atoms with Crippen LogP contribution in [0.15, 0.2) is 16.3 Å². The zero-order chi connectivity index (χ0) is 30.8. The smallest absolute Gasteiger partial charge is 0.353 e. The molecule has 0 aromatic carbocycles. The molecular formula is C32H45BrN2O9. The molecule has 3 aliphatic heterocycles. The van der Waals surface area contributed by atoms with E-state index >= 15 is 0 Å². The summed E-state index contributed by atoms with van der Waals surface area (Å²) in [6, 6.07) is -0.268. The van der Waals surface area contributed by atoms with Crippen LogP contribution < -0.4 is 5.32 Å². The van der Waals surface area contributed by atoms with Gasteiger partial charge in [-0.1, -0.05) is 28.8 Å². The molecule has 6 aliphatic rings. The third-order valence-electron chi connectivity index (χ3n) is 10.3. The van der Waals surface area contributed by atoms with Crippen molar-refractivity contribution >= 4 is 39.5 Å². The van der Waals surface area contributed by atoms with Crippen LogP contribution in [0, 0.1) is 11.8 Å². The molecule has 0 radical (unpaired) electrons. The molecule has 2 N–H and O–H groups in total. The Morgan fingerprint density at radius 1 is 0.932 bits per heavy atom. The Balaban J connectivity index is 1.24. The largest absolute Gasteiger partial charge is 0.455 e. The average Bonchev–Trinajstić information content (AvgIpc) is 3.68. The highest BCUT2D eigenvalue weighted by atomic mass is 79.9. The van der Waals surface area contributed by atoms with Gasteiger partial charge in [0, 0.05) is 30.1 Å². The summed E-state index contributed by atoms with van der Waals surface area (Å²) in [7, 11) is 1.39. The van der Waals surface area contributed by atoms with Gasteiger partial charge in [-0.2, -0.15) is 0 Å². The van der Waals surface area contributed by atoms with Crippen LogP contribution in [0.2, 0.25) is 0 Å². The van der Waals surface area contributed by atoms with Gasteiger partial charge in [-0.25, -0.2) is 9.79 Å². The van der Waals surface area contributed by atoms with E-state index in [-0.39, 0.29) is 12.0 Å². The number of hydrogen-bond donors (Lipinski definition) is 2. The van der Waals surface area contributed by atoms with Crippen molar-refractivity contribution in [2.75, 3.05) is 13.7 Å². The molecule has 8 atom stereocenters. The van der Waals surface area contributed by atoms with Gasteiger partial charge in [-0.05, 0) is 82.1 Å². The Hall–Kier alpha value is -1.86. The molecule has 0 amide bonds. The van der Waals surface area contributed by atoms with Crippen LogP contribution in [-0.4, -0.2) is 90.1 Å². The van der Waals surface area contributed by atoms with Crippen LogP contribution in [0.4, 0.5) is 0 Å². The van der Waals surface area contributed by atoms with E-state index in [2.05, 4.69) is 26.2 Å². The summed E-state index contributed by atoms with van der Waals surface area (Å²) >= 11 is 3.62. The lowest BCUT2D eigenvalue weighted by Crippen LogP contribution is -2.63. The number of aliphatic hydroxyl groups excluding tert-OH is 1. The molecule has 0 aromatic rings. The number of carbonyl (C=O) groups is 3.